The Morgan fingerprint density at radius 2 is 2.16 bits per heavy atom. The Morgan fingerprint density at radius 3 is 2.79 bits per heavy atom. The van der Waals surface area contributed by atoms with Crippen molar-refractivity contribution in [1.82, 2.24) is 5.32 Å². The van der Waals surface area contributed by atoms with E-state index in [1.54, 1.807) is 0 Å². The van der Waals surface area contributed by atoms with Crippen LogP contribution >= 0.6 is 0 Å². The minimum absolute atomic E-state index is 0.107. The Kier molecular flexibility index (Phi) is 5.73. The lowest BCUT2D eigenvalue weighted by Crippen LogP contribution is -2.25. The van der Waals surface area contributed by atoms with E-state index in [4.69, 9.17) is 5.26 Å². The molecule has 0 bridgehead atoms. The van der Waals surface area contributed by atoms with Gasteiger partial charge in [-0.25, -0.2) is 8.78 Å². The summed E-state index contributed by atoms with van der Waals surface area (Å²) in [5, 5.41) is 10.8. The van der Waals surface area contributed by atoms with Crippen molar-refractivity contribution in [2.24, 2.45) is 0 Å². The average molecular weight is 268 g/mol. The predicted octanol–water partition coefficient (Wildman–Crippen LogP) is 1.94. The van der Waals surface area contributed by atoms with Gasteiger partial charge in [0.05, 0.1) is 13.2 Å². The lowest BCUT2D eigenvalue weighted by atomic mass is 10.1. The number of carbonyl (C=O) groups is 1. The fourth-order valence-corrected chi connectivity index (χ4v) is 1.51. The maximum atomic E-state index is 13.5. The van der Waals surface area contributed by atoms with Gasteiger partial charge in [-0.15, -0.1) is 0 Å². The van der Waals surface area contributed by atoms with Gasteiger partial charge in [0.15, 0.2) is 11.6 Å². The highest BCUT2D eigenvalue weighted by molar-refractivity contribution is 5.76. The van der Waals surface area contributed by atoms with Gasteiger partial charge in [0.25, 0.3) is 0 Å². The van der Waals surface area contributed by atoms with Crippen molar-refractivity contribution >= 4 is 5.91 Å². The summed E-state index contributed by atoms with van der Waals surface area (Å²) < 4.78 is 31.6. The molecule has 1 aromatic rings. The molecule has 0 saturated heterocycles. The Hall–Kier alpha value is -2.16. The van der Waals surface area contributed by atoms with Crippen molar-refractivity contribution in [3.05, 3.63) is 29.3 Å². The lowest BCUT2D eigenvalue weighted by molar-refractivity contribution is -0.120. The number of halogens is 2. The van der Waals surface area contributed by atoms with Gasteiger partial charge < -0.3 is 10.1 Å². The van der Waals surface area contributed by atoms with Crippen LogP contribution in [0.5, 0.6) is 5.75 Å². The van der Waals surface area contributed by atoms with Gasteiger partial charge in [-0.05, 0) is 18.1 Å². The average Bonchev–Trinajstić information content (AvgIpc) is 2.39. The van der Waals surface area contributed by atoms with Gasteiger partial charge in [-0.3, -0.25) is 4.79 Å². The normalized spacial score (nSPS) is 9.79. The first kappa shape index (κ1) is 14.9. The van der Waals surface area contributed by atoms with Crippen LogP contribution in [0.25, 0.3) is 0 Å². The molecule has 0 aromatic heterocycles. The summed E-state index contributed by atoms with van der Waals surface area (Å²) in [6.07, 6.45) is 0.415. The number of nitrogens with one attached hydrogen (secondary N) is 1. The molecule has 4 nitrogen and oxygen atoms in total. The predicted molar refractivity (Wildman–Crippen MR) is 64.5 cm³/mol. The van der Waals surface area contributed by atoms with Gasteiger partial charge in [-0.1, -0.05) is 0 Å². The molecule has 0 spiro atoms. The van der Waals surface area contributed by atoms with E-state index in [-0.39, 0.29) is 43.0 Å². The zero-order chi connectivity index (χ0) is 14.3. The quantitative estimate of drug-likeness (QED) is 0.857. The van der Waals surface area contributed by atoms with Crippen LogP contribution in [0.1, 0.15) is 18.4 Å². The van der Waals surface area contributed by atoms with Crippen LogP contribution in [0.3, 0.4) is 0 Å². The second kappa shape index (κ2) is 7.31. The number of nitriles is 1. The molecule has 0 aliphatic carbocycles. The number of benzene rings is 1. The molecule has 0 heterocycles. The Bertz CT molecular complexity index is 498. The Labute approximate surface area is 110 Å². The summed E-state index contributed by atoms with van der Waals surface area (Å²) in [5.41, 5.74) is 0.166. The van der Waals surface area contributed by atoms with Crippen molar-refractivity contribution in [2.45, 2.75) is 19.3 Å². The molecular formula is C13H14F2N2O2. The highest BCUT2D eigenvalue weighted by atomic mass is 19.1. The Morgan fingerprint density at radius 1 is 1.42 bits per heavy atom. The highest BCUT2D eigenvalue weighted by Crippen LogP contribution is 2.21. The number of rotatable bonds is 6. The summed E-state index contributed by atoms with van der Waals surface area (Å²) in [4.78, 5) is 11.2. The highest BCUT2D eigenvalue weighted by Gasteiger charge is 2.10. The minimum atomic E-state index is -0.644. The van der Waals surface area contributed by atoms with Crippen LogP contribution in [-0.4, -0.2) is 19.6 Å². The van der Waals surface area contributed by atoms with E-state index in [2.05, 4.69) is 10.1 Å². The third-order valence-electron chi connectivity index (χ3n) is 2.50. The van der Waals surface area contributed by atoms with E-state index in [1.165, 1.54) is 7.11 Å². The number of nitrogens with zero attached hydrogens (tertiary/aromatic N) is 1. The number of ether oxygens (including phenoxy) is 1. The zero-order valence-corrected chi connectivity index (χ0v) is 10.5. The number of amides is 1. The molecule has 1 aromatic carbocycles. The van der Waals surface area contributed by atoms with Gasteiger partial charge in [0.1, 0.15) is 5.82 Å². The number of carbonyl (C=O) groups excluding carboxylic acids is 1. The minimum Gasteiger partial charge on any atom is -0.494 e. The molecule has 1 rings (SSSR count). The van der Waals surface area contributed by atoms with E-state index in [1.807, 2.05) is 6.07 Å². The van der Waals surface area contributed by atoms with Crippen LogP contribution in [0.4, 0.5) is 8.78 Å². The van der Waals surface area contributed by atoms with E-state index in [0.29, 0.717) is 0 Å². The maximum Gasteiger partial charge on any atom is 0.221 e. The molecule has 1 amide bonds. The summed E-state index contributed by atoms with van der Waals surface area (Å²) in [6, 6.07) is 3.88. The third-order valence-corrected chi connectivity index (χ3v) is 2.50. The van der Waals surface area contributed by atoms with Crippen LogP contribution in [0, 0.1) is 23.0 Å². The first-order valence-electron chi connectivity index (χ1n) is 5.74. The second-order valence-corrected chi connectivity index (χ2v) is 3.84. The molecule has 0 unspecified atom stereocenters. The van der Waals surface area contributed by atoms with Crippen molar-refractivity contribution < 1.29 is 18.3 Å². The fourth-order valence-electron chi connectivity index (χ4n) is 1.51. The van der Waals surface area contributed by atoms with Crippen LogP contribution in [0.15, 0.2) is 12.1 Å². The molecule has 6 heteroatoms. The van der Waals surface area contributed by atoms with Gasteiger partial charge >= 0.3 is 0 Å². The first-order chi connectivity index (χ1) is 9.08. The third kappa shape index (κ3) is 4.54. The van der Waals surface area contributed by atoms with Crippen molar-refractivity contribution in [3.8, 4) is 11.8 Å². The molecule has 0 saturated carbocycles. The molecule has 1 N–H and O–H groups in total. The summed E-state index contributed by atoms with van der Waals surface area (Å²) in [6.45, 7) is 0.187. The largest absolute Gasteiger partial charge is 0.494 e. The van der Waals surface area contributed by atoms with Gasteiger partial charge in [0.2, 0.25) is 5.91 Å². The molecule has 0 aliphatic rings. The van der Waals surface area contributed by atoms with E-state index >= 15 is 0 Å². The molecule has 102 valence electrons. The van der Waals surface area contributed by atoms with Crippen molar-refractivity contribution in [1.29, 1.82) is 5.26 Å². The van der Waals surface area contributed by atoms with Crippen LogP contribution in [0.2, 0.25) is 0 Å². The standard InChI is InChI=1S/C13H14F2N2O2/c1-19-12-8-10(14)9(7-11(12)15)4-6-17-13(18)3-2-5-16/h7-8H,2-4,6H2,1H3,(H,17,18). The maximum absolute atomic E-state index is 13.5. The molecule has 0 atom stereocenters. The monoisotopic (exact) mass is 268 g/mol. The summed E-state index contributed by atoms with van der Waals surface area (Å²) >= 11 is 0. The summed E-state index contributed by atoms with van der Waals surface area (Å²) in [5.74, 6) is -1.66. The van der Waals surface area contributed by atoms with E-state index < -0.39 is 11.6 Å². The lowest BCUT2D eigenvalue weighted by Gasteiger charge is -2.08. The van der Waals surface area contributed by atoms with Gasteiger partial charge in [-0.2, -0.15) is 5.26 Å². The number of hydrogen-bond donors (Lipinski definition) is 1. The molecule has 0 fully saturated rings. The molecule has 19 heavy (non-hydrogen) atoms. The van der Waals surface area contributed by atoms with Crippen molar-refractivity contribution in [2.75, 3.05) is 13.7 Å². The summed E-state index contributed by atoms with van der Waals surface area (Å²) in [7, 11) is 1.26. The number of methoxy groups -OCH3 is 1. The SMILES string of the molecule is COc1cc(F)c(CCNC(=O)CCC#N)cc1F. The number of hydrogen-bond acceptors (Lipinski definition) is 3. The van der Waals surface area contributed by atoms with Crippen LogP contribution in [-0.2, 0) is 11.2 Å². The van der Waals surface area contributed by atoms with Crippen molar-refractivity contribution in [3.63, 3.8) is 0 Å². The van der Waals surface area contributed by atoms with Crippen LogP contribution < -0.4 is 10.1 Å². The topological polar surface area (TPSA) is 62.1 Å². The fraction of sp³-hybridized carbons (Fsp3) is 0.385. The molecular weight excluding hydrogens is 254 g/mol. The molecule has 0 radical (unpaired) electrons. The van der Waals surface area contributed by atoms with E-state index in [9.17, 15) is 13.6 Å². The second-order valence-electron chi connectivity index (χ2n) is 3.84. The Balaban J connectivity index is 2.52. The molecule has 0 aliphatic heterocycles. The van der Waals surface area contributed by atoms with E-state index in [0.717, 1.165) is 12.1 Å². The first-order valence-corrected chi connectivity index (χ1v) is 5.74. The van der Waals surface area contributed by atoms with Gasteiger partial charge in [0, 0.05) is 25.5 Å². The zero-order valence-electron chi connectivity index (χ0n) is 10.5. The smallest absolute Gasteiger partial charge is 0.221 e.